The van der Waals surface area contributed by atoms with Crippen LogP contribution in [0.3, 0.4) is 0 Å². The Morgan fingerprint density at radius 3 is 2.52 bits per heavy atom. The quantitative estimate of drug-likeness (QED) is 0.870. The van der Waals surface area contributed by atoms with Crippen LogP contribution in [0.5, 0.6) is 0 Å². The highest BCUT2D eigenvalue weighted by atomic mass is 16.3. The zero-order valence-corrected chi connectivity index (χ0v) is 13.2. The molecule has 0 aliphatic carbocycles. The Balaban J connectivity index is 1.94. The summed E-state index contributed by atoms with van der Waals surface area (Å²) >= 11 is 0. The summed E-state index contributed by atoms with van der Waals surface area (Å²) in [7, 11) is 0. The molecule has 2 N–H and O–H groups in total. The molecule has 1 saturated heterocycles. The van der Waals surface area contributed by atoms with Gasteiger partial charge in [-0.25, -0.2) is 4.79 Å². The van der Waals surface area contributed by atoms with Crippen molar-refractivity contribution in [2.24, 2.45) is 5.41 Å². The van der Waals surface area contributed by atoms with E-state index in [2.05, 4.69) is 19.2 Å². The van der Waals surface area contributed by atoms with Crippen LogP contribution in [0.4, 0.5) is 10.5 Å². The van der Waals surface area contributed by atoms with Gasteiger partial charge < -0.3 is 15.3 Å². The van der Waals surface area contributed by atoms with Gasteiger partial charge in [0.15, 0.2) is 0 Å². The number of carbonyl (C=O) groups excluding carboxylic acids is 1. The van der Waals surface area contributed by atoms with Crippen molar-refractivity contribution in [2.75, 3.05) is 18.4 Å². The Labute approximate surface area is 127 Å². The fourth-order valence-corrected chi connectivity index (χ4v) is 2.67. The number of hydrogen-bond donors (Lipinski definition) is 2. The standard InChI is InChI=1S/C17H26N2O2/c1-13(20)14-5-7-15(8-6-14)18-16(21)19-11-4-9-17(2,3)10-12-19/h5-8,13,20H,4,9-12H2,1-3H3,(H,18,21). The minimum Gasteiger partial charge on any atom is -0.389 e. The molecular formula is C17H26N2O2. The van der Waals surface area contributed by atoms with E-state index in [1.165, 1.54) is 6.42 Å². The number of likely N-dealkylation sites (tertiary alicyclic amines) is 1. The lowest BCUT2D eigenvalue weighted by atomic mass is 9.85. The minimum atomic E-state index is -0.484. The van der Waals surface area contributed by atoms with E-state index in [0.717, 1.165) is 37.2 Å². The average molecular weight is 290 g/mol. The summed E-state index contributed by atoms with van der Waals surface area (Å²) in [6, 6.07) is 7.32. The molecule has 1 aromatic rings. The molecule has 1 aromatic carbocycles. The minimum absolute atomic E-state index is 0.0301. The van der Waals surface area contributed by atoms with Crippen LogP contribution >= 0.6 is 0 Å². The topological polar surface area (TPSA) is 52.6 Å². The molecule has 0 radical (unpaired) electrons. The molecule has 1 unspecified atom stereocenters. The highest BCUT2D eigenvalue weighted by Gasteiger charge is 2.25. The lowest BCUT2D eigenvalue weighted by molar-refractivity contribution is 0.199. The van der Waals surface area contributed by atoms with Crippen LogP contribution in [0.1, 0.15) is 51.7 Å². The van der Waals surface area contributed by atoms with E-state index >= 15 is 0 Å². The van der Waals surface area contributed by atoms with Gasteiger partial charge in [-0.1, -0.05) is 26.0 Å². The molecular weight excluding hydrogens is 264 g/mol. The largest absolute Gasteiger partial charge is 0.389 e. The second-order valence-electron chi connectivity index (χ2n) is 6.73. The maximum atomic E-state index is 12.3. The molecule has 1 atom stereocenters. The summed E-state index contributed by atoms with van der Waals surface area (Å²) in [5, 5.41) is 12.4. The third-order valence-corrected chi connectivity index (χ3v) is 4.27. The van der Waals surface area contributed by atoms with Gasteiger partial charge in [0.1, 0.15) is 0 Å². The van der Waals surface area contributed by atoms with E-state index in [-0.39, 0.29) is 6.03 Å². The number of hydrogen-bond acceptors (Lipinski definition) is 2. The first-order chi connectivity index (χ1) is 9.87. The van der Waals surface area contributed by atoms with E-state index in [0.29, 0.717) is 5.41 Å². The van der Waals surface area contributed by atoms with Crippen molar-refractivity contribution < 1.29 is 9.90 Å². The number of anilines is 1. The number of nitrogens with one attached hydrogen (secondary N) is 1. The second-order valence-corrected chi connectivity index (χ2v) is 6.73. The van der Waals surface area contributed by atoms with E-state index < -0.39 is 6.10 Å². The van der Waals surface area contributed by atoms with Crippen LogP contribution in [0.15, 0.2) is 24.3 Å². The molecule has 1 aliphatic heterocycles. The van der Waals surface area contributed by atoms with Gasteiger partial charge in [-0.05, 0) is 49.3 Å². The Kier molecular flexibility index (Phi) is 4.88. The summed E-state index contributed by atoms with van der Waals surface area (Å²) in [6.07, 6.45) is 2.78. The summed E-state index contributed by atoms with van der Waals surface area (Å²) in [6.45, 7) is 7.89. The number of benzene rings is 1. The number of amides is 2. The van der Waals surface area contributed by atoms with E-state index in [4.69, 9.17) is 0 Å². The molecule has 1 fully saturated rings. The van der Waals surface area contributed by atoms with Gasteiger partial charge in [0.25, 0.3) is 0 Å². The average Bonchev–Trinajstić information content (AvgIpc) is 2.60. The van der Waals surface area contributed by atoms with Gasteiger partial charge in [-0.3, -0.25) is 0 Å². The fourth-order valence-electron chi connectivity index (χ4n) is 2.67. The third kappa shape index (κ3) is 4.46. The molecule has 2 amide bonds. The first kappa shape index (κ1) is 15.8. The third-order valence-electron chi connectivity index (χ3n) is 4.27. The fraction of sp³-hybridized carbons (Fsp3) is 0.588. The van der Waals surface area contributed by atoms with Crippen molar-refractivity contribution in [1.29, 1.82) is 0 Å². The van der Waals surface area contributed by atoms with Gasteiger partial charge in [-0.15, -0.1) is 0 Å². The maximum absolute atomic E-state index is 12.3. The maximum Gasteiger partial charge on any atom is 0.321 e. The summed E-state index contributed by atoms with van der Waals surface area (Å²) in [5.41, 5.74) is 1.95. The van der Waals surface area contributed by atoms with Crippen LogP contribution < -0.4 is 5.32 Å². The van der Waals surface area contributed by atoms with E-state index in [1.807, 2.05) is 29.2 Å². The van der Waals surface area contributed by atoms with Crippen molar-refractivity contribution >= 4 is 11.7 Å². The molecule has 4 heteroatoms. The van der Waals surface area contributed by atoms with E-state index in [9.17, 15) is 9.90 Å². The SMILES string of the molecule is CC(O)c1ccc(NC(=O)N2CCCC(C)(C)CC2)cc1. The monoisotopic (exact) mass is 290 g/mol. The smallest absolute Gasteiger partial charge is 0.321 e. The van der Waals surface area contributed by atoms with Gasteiger partial charge in [0, 0.05) is 18.8 Å². The Morgan fingerprint density at radius 2 is 1.90 bits per heavy atom. The van der Waals surface area contributed by atoms with Crippen molar-refractivity contribution in [3.05, 3.63) is 29.8 Å². The van der Waals surface area contributed by atoms with Crippen LogP contribution in [-0.2, 0) is 0 Å². The summed E-state index contributed by atoms with van der Waals surface area (Å²) in [4.78, 5) is 14.2. The lowest BCUT2D eigenvalue weighted by Gasteiger charge is -2.23. The van der Waals surface area contributed by atoms with Crippen molar-refractivity contribution in [3.63, 3.8) is 0 Å². The van der Waals surface area contributed by atoms with Crippen LogP contribution in [0.2, 0.25) is 0 Å². The number of nitrogens with zero attached hydrogens (tertiary/aromatic N) is 1. The Bertz CT molecular complexity index is 480. The normalized spacial score (nSPS) is 19.7. The molecule has 0 bridgehead atoms. The molecule has 0 spiro atoms. The molecule has 116 valence electrons. The van der Waals surface area contributed by atoms with Crippen LogP contribution in [-0.4, -0.2) is 29.1 Å². The molecule has 1 heterocycles. The highest BCUT2D eigenvalue weighted by molar-refractivity contribution is 5.89. The summed E-state index contributed by atoms with van der Waals surface area (Å²) < 4.78 is 0. The van der Waals surface area contributed by atoms with Crippen molar-refractivity contribution in [1.82, 2.24) is 4.90 Å². The Morgan fingerprint density at radius 1 is 1.24 bits per heavy atom. The van der Waals surface area contributed by atoms with Gasteiger partial charge in [-0.2, -0.15) is 0 Å². The number of carbonyl (C=O) groups is 1. The molecule has 0 aromatic heterocycles. The molecule has 1 aliphatic rings. The van der Waals surface area contributed by atoms with Gasteiger partial charge in [0.2, 0.25) is 0 Å². The van der Waals surface area contributed by atoms with Gasteiger partial charge in [0.05, 0.1) is 6.10 Å². The van der Waals surface area contributed by atoms with Crippen molar-refractivity contribution in [3.8, 4) is 0 Å². The van der Waals surface area contributed by atoms with Crippen molar-refractivity contribution in [2.45, 2.75) is 46.1 Å². The lowest BCUT2D eigenvalue weighted by Crippen LogP contribution is -2.36. The molecule has 4 nitrogen and oxygen atoms in total. The first-order valence-corrected chi connectivity index (χ1v) is 7.71. The zero-order valence-electron chi connectivity index (χ0n) is 13.2. The molecule has 2 rings (SSSR count). The Hall–Kier alpha value is -1.55. The first-order valence-electron chi connectivity index (χ1n) is 7.71. The number of aliphatic hydroxyl groups excluding tert-OH is 1. The molecule has 0 saturated carbocycles. The molecule has 21 heavy (non-hydrogen) atoms. The van der Waals surface area contributed by atoms with E-state index in [1.54, 1.807) is 6.92 Å². The predicted octanol–water partition coefficient (Wildman–Crippen LogP) is 3.78. The summed E-state index contributed by atoms with van der Waals surface area (Å²) in [5.74, 6) is 0. The van der Waals surface area contributed by atoms with Crippen LogP contribution in [0, 0.1) is 5.41 Å². The predicted molar refractivity (Wildman–Crippen MR) is 85.3 cm³/mol. The second kappa shape index (κ2) is 6.48. The van der Waals surface area contributed by atoms with Crippen LogP contribution in [0.25, 0.3) is 0 Å². The highest BCUT2D eigenvalue weighted by Crippen LogP contribution is 2.30. The van der Waals surface area contributed by atoms with Gasteiger partial charge >= 0.3 is 6.03 Å². The number of rotatable bonds is 2. The number of urea groups is 1. The number of aliphatic hydroxyl groups is 1. The zero-order chi connectivity index (χ0) is 15.5.